The number of amides is 2. The summed E-state index contributed by atoms with van der Waals surface area (Å²) >= 11 is 6.25. The van der Waals surface area contributed by atoms with Crippen LogP contribution in [0.3, 0.4) is 0 Å². The van der Waals surface area contributed by atoms with Crippen LogP contribution in [0.25, 0.3) is 0 Å². The van der Waals surface area contributed by atoms with E-state index in [2.05, 4.69) is 5.32 Å². The maximum atomic E-state index is 14.6. The zero-order valence-corrected chi connectivity index (χ0v) is 25.5. The van der Waals surface area contributed by atoms with E-state index in [4.69, 9.17) is 25.8 Å². The fraction of sp³-hybridized carbons (Fsp3) is 0.310. The molecule has 0 aromatic heterocycles. The van der Waals surface area contributed by atoms with Crippen LogP contribution in [-0.4, -0.2) is 65.6 Å². The van der Waals surface area contributed by atoms with Crippen LogP contribution in [0, 0.1) is 5.82 Å². The van der Waals surface area contributed by atoms with E-state index in [9.17, 15) is 22.4 Å². The molecule has 0 aliphatic rings. The Bertz CT molecular complexity index is 1540. The Balaban J connectivity index is 2.16. The van der Waals surface area contributed by atoms with Crippen molar-refractivity contribution in [2.24, 2.45) is 0 Å². The molecule has 3 rings (SSSR count). The Morgan fingerprint density at radius 3 is 2.21 bits per heavy atom. The molecular weight excluding hydrogens is 589 g/mol. The van der Waals surface area contributed by atoms with Crippen molar-refractivity contribution in [1.82, 2.24) is 10.2 Å². The fourth-order valence-electron chi connectivity index (χ4n) is 4.19. The summed E-state index contributed by atoms with van der Waals surface area (Å²) in [5, 5.41) is 2.83. The highest BCUT2D eigenvalue weighted by Crippen LogP contribution is 2.37. The third-order valence-electron chi connectivity index (χ3n) is 6.45. The number of ether oxygens (including phenoxy) is 3. The quantitative estimate of drug-likeness (QED) is 0.303. The summed E-state index contributed by atoms with van der Waals surface area (Å²) in [4.78, 5) is 27.7. The van der Waals surface area contributed by atoms with Crippen LogP contribution in [0.2, 0.25) is 5.02 Å². The van der Waals surface area contributed by atoms with E-state index in [1.807, 2.05) is 0 Å². The maximum absolute atomic E-state index is 14.6. The number of likely N-dealkylation sites (N-methyl/N-ethyl adjacent to an activating group) is 1. The first kappa shape index (κ1) is 32.5. The smallest absolute Gasteiger partial charge is 0.265 e. The minimum Gasteiger partial charge on any atom is -0.495 e. The predicted octanol–water partition coefficient (Wildman–Crippen LogP) is 4.25. The summed E-state index contributed by atoms with van der Waals surface area (Å²) in [6.07, 6.45) is 0. The minimum atomic E-state index is -4.49. The van der Waals surface area contributed by atoms with Gasteiger partial charge in [-0.15, -0.1) is 0 Å². The number of hydrogen-bond donors (Lipinski definition) is 1. The molecule has 3 aromatic rings. The molecule has 0 bridgehead atoms. The second-order valence-corrected chi connectivity index (χ2v) is 11.3. The number of rotatable bonds is 13. The molecule has 3 aromatic carbocycles. The average Bonchev–Trinajstić information content (AvgIpc) is 2.98. The van der Waals surface area contributed by atoms with E-state index in [0.717, 1.165) is 9.21 Å². The third-order valence-corrected chi connectivity index (χ3v) is 8.44. The lowest BCUT2D eigenvalue weighted by molar-refractivity contribution is -0.139. The van der Waals surface area contributed by atoms with Crippen LogP contribution in [0.5, 0.6) is 17.2 Å². The molecular formula is C29H33ClFN3O7S. The third kappa shape index (κ3) is 7.24. The molecule has 2 amide bonds. The molecule has 10 nitrogen and oxygen atoms in total. The number of nitrogens with zero attached hydrogens (tertiary/aromatic N) is 2. The fourth-order valence-corrected chi connectivity index (χ4v) is 5.79. The van der Waals surface area contributed by atoms with Gasteiger partial charge in [0, 0.05) is 29.7 Å². The van der Waals surface area contributed by atoms with Crippen molar-refractivity contribution in [1.29, 1.82) is 0 Å². The zero-order chi connectivity index (χ0) is 31.0. The van der Waals surface area contributed by atoms with Gasteiger partial charge in [-0.25, -0.2) is 12.8 Å². The summed E-state index contributed by atoms with van der Waals surface area (Å²) in [7, 11) is -0.375. The molecule has 0 heterocycles. The molecule has 13 heteroatoms. The first-order valence-electron chi connectivity index (χ1n) is 12.9. The Hall–Kier alpha value is -4.03. The molecule has 1 N–H and O–H groups in total. The first-order chi connectivity index (χ1) is 20.0. The number of halogens is 2. The zero-order valence-electron chi connectivity index (χ0n) is 23.9. The molecule has 42 heavy (non-hydrogen) atoms. The summed E-state index contributed by atoms with van der Waals surface area (Å²) in [6.45, 7) is 2.43. The van der Waals surface area contributed by atoms with E-state index in [0.29, 0.717) is 12.3 Å². The highest BCUT2D eigenvalue weighted by Gasteiger charge is 2.34. The van der Waals surface area contributed by atoms with Crippen molar-refractivity contribution in [3.63, 3.8) is 0 Å². The molecule has 0 saturated heterocycles. The lowest BCUT2D eigenvalue weighted by atomic mass is 10.1. The minimum absolute atomic E-state index is 0.0235. The van der Waals surface area contributed by atoms with Crippen LogP contribution in [-0.2, 0) is 26.2 Å². The van der Waals surface area contributed by atoms with Gasteiger partial charge in [0.15, 0.2) is 11.5 Å². The van der Waals surface area contributed by atoms with E-state index in [1.54, 1.807) is 13.0 Å². The standard InChI is InChI=1S/C29H33ClFN3O7S/c1-6-32-29(36)19(2)33(17-20-9-7-8-10-23(20)31)28(35)18-34(24-15-21(30)11-13-25(24)39-3)42(37,38)22-12-14-26(40-4)27(16-22)41-5/h7-16,19H,6,17-18H2,1-5H3,(H,32,36)/t19-/m1/s1. The van der Waals surface area contributed by atoms with Crippen LogP contribution < -0.4 is 23.8 Å². The number of carbonyl (C=O) groups is 2. The Labute approximate surface area is 250 Å². The lowest BCUT2D eigenvalue weighted by Crippen LogP contribution is -2.51. The van der Waals surface area contributed by atoms with Crippen molar-refractivity contribution in [2.45, 2.75) is 31.3 Å². The molecule has 0 fully saturated rings. The maximum Gasteiger partial charge on any atom is 0.265 e. The van der Waals surface area contributed by atoms with Gasteiger partial charge in [-0.2, -0.15) is 0 Å². The van der Waals surface area contributed by atoms with Crippen molar-refractivity contribution >= 4 is 39.1 Å². The Morgan fingerprint density at radius 1 is 0.952 bits per heavy atom. The highest BCUT2D eigenvalue weighted by molar-refractivity contribution is 7.92. The van der Waals surface area contributed by atoms with Crippen LogP contribution in [0.1, 0.15) is 19.4 Å². The van der Waals surface area contributed by atoms with Gasteiger partial charge in [-0.3, -0.25) is 13.9 Å². The van der Waals surface area contributed by atoms with Crippen LogP contribution in [0.4, 0.5) is 10.1 Å². The summed E-state index contributed by atoms with van der Waals surface area (Å²) in [6, 6.07) is 13.1. The molecule has 0 aliphatic heterocycles. The predicted molar refractivity (Wildman–Crippen MR) is 157 cm³/mol. The van der Waals surface area contributed by atoms with Gasteiger partial charge in [0.1, 0.15) is 24.2 Å². The Morgan fingerprint density at radius 2 is 1.60 bits per heavy atom. The molecule has 0 saturated carbocycles. The molecule has 1 atom stereocenters. The summed E-state index contributed by atoms with van der Waals surface area (Å²) in [5.74, 6) is -1.28. The molecule has 226 valence electrons. The summed E-state index contributed by atoms with van der Waals surface area (Å²) < 4.78 is 59.8. The second kappa shape index (κ2) is 14.2. The van der Waals surface area contributed by atoms with Crippen molar-refractivity contribution in [2.75, 3.05) is 38.7 Å². The van der Waals surface area contributed by atoms with E-state index >= 15 is 0 Å². The van der Waals surface area contributed by atoms with E-state index in [1.165, 1.54) is 82.9 Å². The Kier molecular flexibility index (Phi) is 11.0. The van der Waals surface area contributed by atoms with Gasteiger partial charge in [0.05, 0.1) is 31.9 Å². The van der Waals surface area contributed by atoms with Crippen molar-refractivity contribution in [3.05, 3.63) is 77.1 Å². The first-order valence-corrected chi connectivity index (χ1v) is 14.7. The van der Waals surface area contributed by atoms with E-state index in [-0.39, 0.29) is 39.2 Å². The van der Waals surface area contributed by atoms with Gasteiger partial charge >= 0.3 is 0 Å². The normalized spacial score (nSPS) is 11.8. The molecule has 0 radical (unpaired) electrons. The SMILES string of the molecule is CCNC(=O)[C@@H](C)N(Cc1ccccc1F)C(=O)CN(c1cc(Cl)ccc1OC)S(=O)(=O)c1ccc(OC)c(OC)c1. The van der Waals surface area contributed by atoms with Crippen molar-refractivity contribution < 1.29 is 36.6 Å². The lowest BCUT2D eigenvalue weighted by Gasteiger charge is -2.32. The van der Waals surface area contributed by atoms with Crippen molar-refractivity contribution in [3.8, 4) is 17.2 Å². The number of hydrogen-bond acceptors (Lipinski definition) is 7. The number of anilines is 1. The number of methoxy groups -OCH3 is 3. The van der Waals surface area contributed by atoms with Crippen LogP contribution >= 0.6 is 11.6 Å². The molecule has 0 aliphatic carbocycles. The van der Waals surface area contributed by atoms with Gasteiger partial charge < -0.3 is 24.4 Å². The molecule has 0 spiro atoms. The summed E-state index contributed by atoms with van der Waals surface area (Å²) in [5.41, 5.74) is 0.126. The average molecular weight is 622 g/mol. The topological polar surface area (TPSA) is 114 Å². The highest BCUT2D eigenvalue weighted by atomic mass is 35.5. The monoisotopic (exact) mass is 621 g/mol. The van der Waals surface area contributed by atoms with E-state index < -0.39 is 40.2 Å². The second-order valence-electron chi connectivity index (χ2n) is 9.03. The van der Waals surface area contributed by atoms with Gasteiger partial charge in [0.25, 0.3) is 10.0 Å². The molecule has 0 unspecified atom stereocenters. The number of sulfonamides is 1. The number of carbonyl (C=O) groups excluding carboxylic acids is 2. The van der Waals surface area contributed by atoms with Gasteiger partial charge in [-0.1, -0.05) is 29.8 Å². The van der Waals surface area contributed by atoms with Crippen LogP contribution in [0.15, 0.2) is 65.6 Å². The van der Waals surface area contributed by atoms with Gasteiger partial charge in [0.2, 0.25) is 11.8 Å². The number of benzene rings is 3. The largest absolute Gasteiger partial charge is 0.495 e. The van der Waals surface area contributed by atoms with Gasteiger partial charge in [-0.05, 0) is 50.2 Å². The number of nitrogens with one attached hydrogen (secondary N) is 1.